The Balaban J connectivity index is 1.47. The summed E-state index contributed by atoms with van der Waals surface area (Å²) in [7, 11) is 0. The van der Waals surface area contributed by atoms with Crippen LogP contribution in [0.2, 0.25) is 0 Å². The molecule has 53 heavy (non-hydrogen) atoms. The number of hydrogen-bond acceptors (Lipinski definition) is 9. The Hall–Kier alpha value is -7.00. The van der Waals surface area contributed by atoms with Crippen molar-refractivity contribution in [2.75, 3.05) is 0 Å². The quantitative estimate of drug-likeness (QED) is 0.0489. The second-order valence-corrected chi connectivity index (χ2v) is 13.4. The maximum Gasteiger partial charge on any atom is 0.208 e. The van der Waals surface area contributed by atoms with E-state index < -0.39 is 62.9 Å². The smallest absolute Gasteiger partial charge is 0.208 e. The van der Waals surface area contributed by atoms with Crippen molar-refractivity contribution in [3.8, 4) is 74.0 Å². The Labute approximate surface area is 302 Å². The van der Waals surface area contributed by atoms with Gasteiger partial charge in [0.25, 0.3) is 0 Å². The molecular weight excluding hydrogens is 672 g/mol. The first kappa shape index (κ1) is 33.2. The van der Waals surface area contributed by atoms with Crippen LogP contribution in [0.25, 0.3) is 65.7 Å². The number of allylic oxidation sites excluding steroid dienone is 4. The van der Waals surface area contributed by atoms with Crippen LogP contribution in [-0.2, 0) is 0 Å². The van der Waals surface area contributed by atoms with Crippen LogP contribution in [0.5, 0.6) is 51.7 Å². The highest BCUT2D eigenvalue weighted by molar-refractivity contribution is 6.25. The second-order valence-electron chi connectivity index (χ2n) is 13.4. The van der Waals surface area contributed by atoms with Crippen LogP contribution in [0.1, 0.15) is 36.5 Å². The molecule has 264 valence electrons. The van der Waals surface area contributed by atoms with Gasteiger partial charge in [0.15, 0.2) is 23.0 Å². The summed E-state index contributed by atoms with van der Waals surface area (Å²) in [5.74, 6) is -10.3. The average Bonchev–Trinajstić information content (AvgIpc) is 3.16. The summed E-state index contributed by atoms with van der Waals surface area (Å²) in [6.07, 6.45) is 3.91. The Morgan fingerprint density at radius 3 is 1.34 bits per heavy atom. The first-order chi connectivity index (χ1) is 25.4. The van der Waals surface area contributed by atoms with Crippen LogP contribution in [-0.4, -0.2) is 46.0 Å². The Morgan fingerprint density at radius 1 is 0.415 bits per heavy atom. The van der Waals surface area contributed by atoms with E-state index in [1.807, 2.05) is 36.4 Å². The van der Waals surface area contributed by atoms with Crippen molar-refractivity contribution in [2.45, 2.75) is 26.7 Å². The van der Waals surface area contributed by atoms with Gasteiger partial charge in [0, 0.05) is 5.56 Å². The van der Waals surface area contributed by atoms with Crippen LogP contribution in [0.3, 0.4) is 0 Å². The molecule has 0 aromatic heterocycles. The molecule has 9 nitrogen and oxygen atoms in total. The van der Waals surface area contributed by atoms with Gasteiger partial charge in [-0.25, -0.2) is 0 Å². The number of aryl methyl sites for hydroxylation is 1. The second kappa shape index (κ2) is 12.1. The number of benzene rings is 7. The van der Waals surface area contributed by atoms with Gasteiger partial charge in [0.2, 0.25) is 23.0 Å². The molecule has 0 heterocycles. The zero-order valence-corrected chi connectivity index (χ0v) is 28.6. The SMILES string of the molecule is CC1=C(c2cc3ccccc3cc2C)C(c2c3ccccc3c(-c3c(O)c(O)c(O)c(-c4c(O)c(O)c(O)c(O)c4O)c3O)c3ccccc23)=CCC1. The molecule has 0 radical (unpaired) electrons. The minimum Gasteiger partial charge on any atom is -0.506 e. The molecule has 7 aromatic rings. The number of hydrogen-bond donors (Lipinski definition) is 9. The van der Waals surface area contributed by atoms with Crippen molar-refractivity contribution in [1.29, 1.82) is 0 Å². The fourth-order valence-corrected chi connectivity index (χ4v) is 7.90. The van der Waals surface area contributed by atoms with Gasteiger partial charge < -0.3 is 46.0 Å². The topological polar surface area (TPSA) is 182 Å². The highest BCUT2D eigenvalue weighted by Crippen LogP contribution is 2.63. The van der Waals surface area contributed by atoms with Gasteiger partial charge >= 0.3 is 0 Å². The molecule has 1 aliphatic rings. The Morgan fingerprint density at radius 2 is 0.811 bits per heavy atom. The molecule has 8 rings (SSSR count). The van der Waals surface area contributed by atoms with Gasteiger partial charge in [-0.2, -0.15) is 0 Å². The third-order valence-corrected chi connectivity index (χ3v) is 10.4. The normalized spacial score (nSPS) is 13.3. The van der Waals surface area contributed by atoms with E-state index in [0.717, 1.165) is 62.2 Å². The third kappa shape index (κ3) is 4.78. The van der Waals surface area contributed by atoms with Crippen molar-refractivity contribution >= 4 is 43.5 Å². The lowest BCUT2D eigenvalue weighted by atomic mass is 9.77. The zero-order valence-electron chi connectivity index (χ0n) is 28.6. The third-order valence-electron chi connectivity index (χ3n) is 10.4. The van der Waals surface area contributed by atoms with Gasteiger partial charge in [-0.05, 0) is 92.9 Å². The molecule has 0 saturated heterocycles. The summed E-state index contributed by atoms with van der Waals surface area (Å²) in [5.41, 5.74) is 4.63. The van der Waals surface area contributed by atoms with Gasteiger partial charge in [-0.15, -0.1) is 0 Å². The molecule has 1 aliphatic carbocycles. The van der Waals surface area contributed by atoms with E-state index >= 15 is 0 Å². The molecule has 0 spiro atoms. The lowest BCUT2D eigenvalue weighted by Crippen LogP contribution is -2.03. The maximum atomic E-state index is 12.0. The molecule has 0 amide bonds. The van der Waals surface area contributed by atoms with Gasteiger partial charge in [0.05, 0.1) is 16.7 Å². The minimum atomic E-state index is -1.26. The molecule has 9 N–H and O–H groups in total. The number of phenolic OH excluding ortho intramolecular Hbond substituents is 9. The van der Waals surface area contributed by atoms with Crippen LogP contribution >= 0.6 is 0 Å². The number of aromatic hydroxyl groups is 9. The van der Waals surface area contributed by atoms with Gasteiger partial charge in [0.1, 0.15) is 5.75 Å². The lowest BCUT2D eigenvalue weighted by molar-refractivity contribution is 0.329. The molecule has 9 heteroatoms. The van der Waals surface area contributed by atoms with Crippen molar-refractivity contribution in [3.05, 3.63) is 113 Å². The standard InChI is InChI=1S/C44H34O9/c1-20-10-9-17-28(30(20)29-19-23-12-4-3-11-22(23)18-21(29)2)31-24-13-5-7-15-26(24)32(27-16-8-6-14-25(27)31)33-36(45)34(38(47)41(50)37(33)46)35-39(48)42(51)44(53)43(52)40(35)49/h3-8,11-19,45-53H,9-10H2,1-2H3. The van der Waals surface area contributed by atoms with E-state index in [-0.39, 0.29) is 11.1 Å². The monoisotopic (exact) mass is 706 g/mol. The largest absolute Gasteiger partial charge is 0.506 e. The van der Waals surface area contributed by atoms with Crippen molar-refractivity contribution in [1.82, 2.24) is 0 Å². The molecule has 0 unspecified atom stereocenters. The van der Waals surface area contributed by atoms with E-state index in [4.69, 9.17) is 0 Å². The van der Waals surface area contributed by atoms with Crippen molar-refractivity contribution in [2.24, 2.45) is 0 Å². The molecule has 0 fully saturated rings. The molecule has 0 aliphatic heterocycles. The molecule has 0 bridgehead atoms. The van der Waals surface area contributed by atoms with Gasteiger partial charge in [-0.3, -0.25) is 0 Å². The summed E-state index contributed by atoms with van der Waals surface area (Å²) < 4.78 is 0. The van der Waals surface area contributed by atoms with E-state index in [2.05, 4.69) is 44.2 Å². The average molecular weight is 707 g/mol. The first-order valence-electron chi connectivity index (χ1n) is 16.9. The van der Waals surface area contributed by atoms with Gasteiger partial charge in [-0.1, -0.05) is 90.5 Å². The van der Waals surface area contributed by atoms with E-state index in [1.54, 1.807) is 24.3 Å². The molecule has 0 atom stereocenters. The summed E-state index contributed by atoms with van der Waals surface area (Å²) in [5, 5.41) is 103. The number of fused-ring (bicyclic) bond motifs is 3. The zero-order chi connectivity index (χ0) is 37.5. The first-order valence-corrected chi connectivity index (χ1v) is 16.9. The molecular formula is C44H34O9. The van der Waals surface area contributed by atoms with E-state index in [1.165, 1.54) is 5.57 Å². The van der Waals surface area contributed by atoms with Crippen LogP contribution in [0.15, 0.2) is 96.6 Å². The number of phenols is 9. The van der Waals surface area contributed by atoms with Crippen LogP contribution < -0.4 is 0 Å². The highest BCUT2D eigenvalue weighted by atomic mass is 16.4. The number of rotatable bonds is 4. The van der Waals surface area contributed by atoms with Crippen LogP contribution in [0.4, 0.5) is 0 Å². The Bertz CT molecular complexity index is 2710. The fraction of sp³-hybridized carbons (Fsp3) is 0.0909. The van der Waals surface area contributed by atoms with Crippen LogP contribution in [0, 0.1) is 6.92 Å². The maximum absolute atomic E-state index is 12.0. The molecule has 0 saturated carbocycles. The van der Waals surface area contributed by atoms with E-state index in [9.17, 15) is 46.0 Å². The lowest BCUT2D eigenvalue weighted by Gasteiger charge is -2.27. The van der Waals surface area contributed by atoms with Crippen molar-refractivity contribution in [3.63, 3.8) is 0 Å². The predicted octanol–water partition coefficient (Wildman–Crippen LogP) is 9.79. The highest BCUT2D eigenvalue weighted by Gasteiger charge is 2.34. The fourth-order valence-electron chi connectivity index (χ4n) is 7.90. The minimum absolute atomic E-state index is 0.248. The molecule has 7 aromatic carbocycles. The summed E-state index contributed by atoms with van der Waals surface area (Å²) in [6, 6.07) is 27.5. The van der Waals surface area contributed by atoms with Crippen molar-refractivity contribution < 1.29 is 46.0 Å². The van der Waals surface area contributed by atoms with E-state index in [0.29, 0.717) is 10.8 Å². The Kier molecular flexibility index (Phi) is 7.54. The summed E-state index contributed by atoms with van der Waals surface area (Å²) >= 11 is 0. The summed E-state index contributed by atoms with van der Waals surface area (Å²) in [6.45, 7) is 4.26. The summed E-state index contributed by atoms with van der Waals surface area (Å²) in [4.78, 5) is 0. The predicted molar refractivity (Wildman–Crippen MR) is 206 cm³/mol.